The lowest BCUT2D eigenvalue weighted by molar-refractivity contribution is -0.114. The van der Waals surface area contributed by atoms with E-state index < -0.39 is 5.63 Å². The molecule has 0 radical (unpaired) electrons. The second-order valence-electron chi connectivity index (χ2n) is 6.88. The van der Waals surface area contributed by atoms with Gasteiger partial charge < -0.3 is 4.42 Å². The number of hydrogen-bond donors (Lipinski definition) is 0. The monoisotopic (exact) mass is 380 g/mol. The van der Waals surface area contributed by atoms with E-state index >= 15 is 0 Å². The van der Waals surface area contributed by atoms with Crippen LogP contribution < -0.4 is 10.6 Å². The summed E-state index contributed by atoms with van der Waals surface area (Å²) in [5.41, 5.74) is 2.42. The standard InChI is InChI=1S/C24H16N2O3/c1-15-20(24(28)26(25-15)18-8-3-2-4-9-18)13-17-14-22(27)29-21-12-11-16-7-5-6-10-19(16)23(17)21/h2-14H,1H3/b20-13+. The van der Waals surface area contributed by atoms with E-state index in [0.717, 1.165) is 16.2 Å². The molecule has 2 heterocycles. The van der Waals surface area contributed by atoms with Gasteiger partial charge in [0.25, 0.3) is 5.91 Å². The first-order valence-electron chi connectivity index (χ1n) is 9.24. The Morgan fingerprint density at radius 2 is 1.69 bits per heavy atom. The van der Waals surface area contributed by atoms with E-state index in [1.807, 2.05) is 60.7 Å². The lowest BCUT2D eigenvalue weighted by atomic mass is 9.99. The molecule has 1 aliphatic rings. The van der Waals surface area contributed by atoms with Crippen molar-refractivity contribution in [3.05, 3.63) is 94.4 Å². The predicted molar refractivity (Wildman–Crippen MR) is 115 cm³/mol. The summed E-state index contributed by atoms with van der Waals surface area (Å²) in [5.74, 6) is -0.227. The van der Waals surface area contributed by atoms with Crippen LogP contribution in [0.3, 0.4) is 0 Å². The van der Waals surface area contributed by atoms with Gasteiger partial charge in [-0.1, -0.05) is 48.5 Å². The Bertz CT molecular complexity index is 1400. The van der Waals surface area contributed by atoms with Crippen LogP contribution in [-0.4, -0.2) is 11.6 Å². The highest BCUT2D eigenvalue weighted by molar-refractivity contribution is 6.32. The van der Waals surface area contributed by atoms with Crippen LogP contribution in [0.5, 0.6) is 0 Å². The lowest BCUT2D eigenvalue weighted by Crippen LogP contribution is -2.21. The van der Waals surface area contributed by atoms with Gasteiger partial charge in [0.05, 0.1) is 17.0 Å². The number of fused-ring (bicyclic) bond motifs is 3. The summed E-state index contributed by atoms with van der Waals surface area (Å²) in [5, 5.41) is 8.58. The van der Waals surface area contributed by atoms with Gasteiger partial charge in [-0.05, 0) is 47.5 Å². The molecule has 0 atom stereocenters. The number of amides is 1. The van der Waals surface area contributed by atoms with Crippen LogP contribution in [0.25, 0.3) is 27.8 Å². The minimum absolute atomic E-state index is 0.227. The number of hydrazone groups is 1. The maximum Gasteiger partial charge on any atom is 0.336 e. The van der Waals surface area contributed by atoms with E-state index in [4.69, 9.17) is 4.42 Å². The van der Waals surface area contributed by atoms with E-state index in [9.17, 15) is 9.59 Å². The van der Waals surface area contributed by atoms with Crippen molar-refractivity contribution in [1.29, 1.82) is 0 Å². The Morgan fingerprint density at radius 3 is 2.52 bits per heavy atom. The molecule has 5 nitrogen and oxygen atoms in total. The first kappa shape index (κ1) is 17.1. The van der Waals surface area contributed by atoms with Crippen molar-refractivity contribution in [2.75, 3.05) is 5.01 Å². The Kier molecular flexibility index (Phi) is 3.88. The minimum atomic E-state index is -0.459. The van der Waals surface area contributed by atoms with E-state index in [1.54, 1.807) is 19.1 Å². The number of carbonyl (C=O) groups is 1. The van der Waals surface area contributed by atoms with Crippen LogP contribution in [0.1, 0.15) is 12.5 Å². The third kappa shape index (κ3) is 2.84. The maximum absolute atomic E-state index is 13.0. The number of carbonyl (C=O) groups excluding carboxylic acids is 1. The van der Waals surface area contributed by atoms with E-state index in [1.165, 1.54) is 11.1 Å². The quantitative estimate of drug-likeness (QED) is 0.286. The van der Waals surface area contributed by atoms with Crippen molar-refractivity contribution in [1.82, 2.24) is 0 Å². The van der Waals surface area contributed by atoms with Crippen LogP contribution in [0.15, 0.2) is 92.7 Å². The van der Waals surface area contributed by atoms with Crippen molar-refractivity contribution in [3.8, 4) is 0 Å². The summed E-state index contributed by atoms with van der Waals surface area (Å²) in [4.78, 5) is 25.2. The zero-order chi connectivity index (χ0) is 20.0. The molecule has 3 aromatic carbocycles. The molecule has 1 amide bonds. The average Bonchev–Trinajstić information content (AvgIpc) is 3.02. The Hall–Kier alpha value is -3.99. The van der Waals surface area contributed by atoms with Crippen molar-refractivity contribution in [2.24, 2.45) is 5.10 Å². The number of anilines is 1. The van der Waals surface area contributed by atoms with Gasteiger partial charge >= 0.3 is 5.63 Å². The second-order valence-corrected chi connectivity index (χ2v) is 6.88. The van der Waals surface area contributed by atoms with Crippen LogP contribution >= 0.6 is 0 Å². The topological polar surface area (TPSA) is 62.9 Å². The van der Waals surface area contributed by atoms with E-state index in [0.29, 0.717) is 28.1 Å². The van der Waals surface area contributed by atoms with Gasteiger partial charge in [-0.2, -0.15) is 10.1 Å². The number of para-hydroxylation sites is 1. The molecule has 1 aliphatic heterocycles. The smallest absolute Gasteiger partial charge is 0.336 e. The molecule has 0 spiro atoms. The second kappa shape index (κ2) is 6.56. The van der Waals surface area contributed by atoms with Crippen LogP contribution in [0, 0.1) is 0 Å². The van der Waals surface area contributed by atoms with Crippen molar-refractivity contribution >= 4 is 45.1 Å². The highest BCUT2D eigenvalue weighted by Crippen LogP contribution is 2.30. The van der Waals surface area contributed by atoms with Gasteiger partial charge in [0, 0.05) is 11.5 Å². The fraction of sp³-hybridized carbons (Fsp3) is 0.0417. The lowest BCUT2D eigenvalue weighted by Gasteiger charge is -2.11. The summed E-state index contributed by atoms with van der Waals surface area (Å²) in [7, 11) is 0. The van der Waals surface area contributed by atoms with Gasteiger partial charge in [-0.25, -0.2) is 4.79 Å². The number of benzene rings is 3. The Morgan fingerprint density at radius 1 is 0.931 bits per heavy atom. The van der Waals surface area contributed by atoms with Crippen molar-refractivity contribution < 1.29 is 9.21 Å². The molecule has 0 saturated heterocycles. The SMILES string of the molecule is CC1=NN(c2ccccc2)C(=O)/C1=C/c1cc(=O)oc2ccc3ccccc3c12. The maximum atomic E-state index is 13.0. The molecular formula is C24H16N2O3. The first-order valence-corrected chi connectivity index (χ1v) is 9.24. The third-order valence-electron chi connectivity index (χ3n) is 5.03. The number of hydrogen-bond acceptors (Lipinski definition) is 4. The molecule has 29 heavy (non-hydrogen) atoms. The average molecular weight is 380 g/mol. The zero-order valence-corrected chi connectivity index (χ0v) is 15.6. The van der Waals surface area contributed by atoms with E-state index in [-0.39, 0.29) is 5.91 Å². The van der Waals surface area contributed by atoms with Gasteiger partial charge in [0.2, 0.25) is 0 Å². The fourth-order valence-corrected chi connectivity index (χ4v) is 3.67. The molecule has 0 saturated carbocycles. The largest absolute Gasteiger partial charge is 0.423 e. The molecule has 1 aromatic heterocycles. The molecule has 5 rings (SSSR count). The molecule has 0 unspecified atom stereocenters. The third-order valence-corrected chi connectivity index (χ3v) is 5.03. The van der Waals surface area contributed by atoms with Gasteiger partial charge in [-0.15, -0.1) is 0 Å². The highest BCUT2D eigenvalue weighted by Gasteiger charge is 2.28. The normalized spacial score (nSPS) is 15.5. The van der Waals surface area contributed by atoms with Crippen LogP contribution in [0.4, 0.5) is 5.69 Å². The van der Waals surface area contributed by atoms with Gasteiger partial charge in [0.1, 0.15) is 5.58 Å². The summed E-state index contributed by atoms with van der Waals surface area (Å²) in [6.45, 7) is 1.79. The molecule has 0 aliphatic carbocycles. The molecule has 140 valence electrons. The fourth-order valence-electron chi connectivity index (χ4n) is 3.67. The van der Waals surface area contributed by atoms with E-state index in [2.05, 4.69) is 5.10 Å². The Labute approximate surface area is 166 Å². The minimum Gasteiger partial charge on any atom is -0.423 e. The van der Waals surface area contributed by atoms with Crippen LogP contribution in [0.2, 0.25) is 0 Å². The summed E-state index contributed by atoms with van der Waals surface area (Å²) >= 11 is 0. The molecule has 4 aromatic rings. The predicted octanol–water partition coefficient (Wildman–Crippen LogP) is 4.75. The van der Waals surface area contributed by atoms with Crippen LogP contribution in [-0.2, 0) is 4.79 Å². The Balaban J connectivity index is 1.72. The van der Waals surface area contributed by atoms with Crippen molar-refractivity contribution in [2.45, 2.75) is 6.92 Å². The zero-order valence-electron chi connectivity index (χ0n) is 15.6. The summed E-state index contributed by atoms with van der Waals surface area (Å²) < 4.78 is 5.41. The van der Waals surface area contributed by atoms with Gasteiger partial charge in [0.15, 0.2) is 0 Å². The molecule has 0 fully saturated rings. The molecule has 5 heteroatoms. The molecule has 0 bridgehead atoms. The summed E-state index contributed by atoms with van der Waals surface area (Å²) in [6, 6.07) is 22.3. The first-order chi connectivity index (χ1) is 14.1. The highest BCUT2D eigenvalue weighted by atomic mass is 16.4. The summed E-state index contributed by atoms with van der Waals surface area (Å²) in [6.07, 6.45) is 1.73. The molecule has 0 N–H and O–H groups in total. The van der Waals surface area contributed by atoms with Gasteiger partial charge in [-0.3, -0.25) is 4.79 Å². The number of nitrogens with zero attached hydrogens (tertiary/aromatic N) is 2. The molecular weight excluding hydrogens is 364 g/mol. The van der Waals surface area contributed by atoms with Crippen molar-refractivity contribution in [3.63, 3.8) is 0 Å². The number of rotatable bonds is 2.